The first-order chi connectivity index (χ1) is 9.49. The minimum absolute atomic E-state index is 0.203. The van der Waals surface area contributed by atoms with E-state index in [4.69, 9.17) is 10.5 Å². The molecule has 20 heavy (non-hydrogen) atoms. The third-order valence-corrected chi connectivity index (χ3v) is 3.43. The lowest BCUT2D eigenvalue weighted by atomic mass is 10.3. The van der Waals surface area contributed by atoms with Gasteiger partial charge in [-0.25, -0.2) is 9.98 Å². The lowest BCUT2D eigenvalue weighted by Crippen LogP contribution is -2.47. The third kappa shape index (κ3) is 3.22. The van der Waals surface area contributed by atoms with Crippen molar-refractivity contribution in [1.82, 2.24) is 14.5 Å². The fraction of sp³-hybridized carbons (Fsp3) is 0.692. The molecular formula is C13H24N6O. The van der Waals surface area contributed by atoms with Crippen LogP contribution in [0.1, 0.15) is 12.6 Å². The Balaban J connectivity index is 2.01. The summed E-state index contributed by atoms with van der Waals surface area (Å²) in [6.07, 6.45) is 2.04. The van der Waals surface area contributed by atoms with Crippen molar-refractivity contribution in [2.45, 2.75) is 19.6 Å². The van der Waals surface area contributed by atoms with Crippen LogP contribution in [-0.4, -0.2) is 60.3 Å². The van der Waals surface area contributed by atoms with Gasteiger partial charge < -0.3 is 24.8 Å². The zero-order valence-electron chi connectivity index (χ0n) is 12.7. The van der Waals surface area contributed by atoms with Crippen molar-refractivity contribution in [3.8, 4) is 0 Å². The van der Waals surface area contributed by atoms with Crippen LogP contribution in [0.4, 0.5) is 5.95 Å². The third-order valence-electron chi connectivity index (χ3n) is 3.43. The van der Waals surface area contributed by atoms with Crippen LogP contribution in [0.25, 0.3) is 0 Å². The van der Waals surface area contributed by atoms with Gasteiger partial charge in [-0.2, -0.15) is 0 Å². The summed E-state index contributed by atoms with van der Waals surface area (Å²) in [7, 11) is 5.93. The van der Waals surface area contributed by atoms with Crippen molar-refractivity contribution in [2.75, 3.05) is 38.7 Å². The number of nitrogens with two attached hydrogens (primary N) is 1. The molecule has 7 nitrogen and oxygen atoms in total. The van der Waals surface area contributed by atoms with E-state index in [1.165, 1.54) is 0 Å². The summed E-state index contributed by atoms with van der Waals surface area (Å²) in [6, 6.07) is 0. The fourth-order valence-corrected chi connectivity index (χ4v) is 2.28. The molecule has 1 fully saturated rings. The topological polar surface area (TPSA) is 71.9 Å². The van der Waals surface area contributed by atoms with Crippen molar-refractivity contribution in [3.05, 3.63) is 11.9 Å². The van der Waals surface area contributed by atoms with Gasteiger partial charge in [-0.15, -0.1) is 0 Å². The second-order valence-corrected chi connectivity index (χ2v) is 5.30. The molecule has 1 saturated heterocycles. The van der Waals surface area contributed by atoms with E-state index in [1.54, 1.807) is 0 Å². The van der Waals surface area contributed by atoms with Crippen molar-refractivity contribution < 1.29 is 4.74 Å². The Morgan fingerprint density at radius 2 is 2.35 bits per heavy atom. The van der Waals surface area contributed by atoms with Gasteiger partial charge in [0.05, 0.1) is 31.1 Å². The minimum atomic E-state index is 0.203. The van der Waals surface area contributed by atoms with Crippen molar-refractivity contribution >= 4 is 11.9 Å². The Morgan fingerprint density at radius 1 is 1.60 bits per heavy atom. The van der Waals surface area contributed by atoms with Crippen LogP contribution in [0.3, 0.4) is 0 Å². The largest absolute Gasteiger partial charge is 0.375 e. The number of hydrogen-bond acceptors (Lipinski definition) is 4. The quantitative estimate of drug-likeness (QED) is 0.624. The summed E-state index contributed by atoms with van der Waals surface area (Å²) < 4.78 is 7.52. The molecule has 1 aromatic rings. The molecule has 0 aromatic carbocycles. The normalized spacial score (nSPS) is 20.3. The highest BCUT2D eigenvalue weighted by atomic mass is 16.5. The summed E-state index contributed by atoms with van der Waals surface area (Å²) in [5.74, 6) is 1.49. The Hall–Kier alpha value is -1.76. The van der Waals surface area contributed by atoms with Gasteiger partial charge in [0, 0.05) is 34.2 Å². The second kappa shape index (κ2) is 6.13. The zero-order chi connectivity index (χ0) is 14.7. The van der Waals surface area contributed by atoms with Crippen LogP contribution < -0.4 is 10.6 Å². The fourth-order valence-electron chi connectivity index (χ4n) is 2.28. The smallest absolute Gasteiger partial charge is 0.204 e. The standard InChI is InChI=1S/C13H24N6O/c1-10-9-19(5-6-20-10)12(14)15-7-11-8-16-13(17(2)3)18(11)4/h8,10H,5-7,9H2,1-4H3,(H2,14,15). The van der Waals surface area contributed by atoms with E-state index in [-0.39, 0.29) is 6.10 Å². The van der Waals surface area contributed by atoms with Gasteiger partial charge >= 0.3 is 0 Å². The van der Waals surface area contributed by atoms with Crippen molar-refractivity contribution in [2.24, 2.45) is 17.8 Å². The predicted octanol–water partition coefficient (Wildman–Crippen LogP) is 0.0215. The minimum Gasteiger partial charge on any atom is -0.375 e. The van der Waals surface area contributed by atoms with Gasteiger partial charge in [0.2, 0.25) is 5.95 Å². The summed E-state index contributed by atoms with van der Waals surface area (Å²) in [5.41, 5.74) is 7.10. The first kappa shape index (κ1) is 14.6. The molecule has 2 N–H and O–H groups in total. The van der Waals surface area contributed by atoms with Gasteiger partial charge in [-0.1, -0.05) is 0 Å². The summed E-state index contributed by atoms with van der Waals surface area (Å²) in [5, 5.41) is 0. The van der Waals surface area contributed by atoms with E-state index in [1.807, 2.05) is 43.7 Å². The number of guanidine groups is 1. The van der Waals surface area contributed by atoms with E-state index < -0.39 is 0 Å². The molecule has 1 aromatic heterocycles. The SMILES string of the molecule is CC1CN(C(N)=NCc2cnc(N(C)C)n2C)CCO1. The van der Waals surface area contributed by atoms with Gasteiger partial charge in [0.25, 0.3) is 0 Å². The highest BCUT2D eigenvalue weighted by Crippen LogP contribution is 2.12. The molecule has 0 radical (unpaired) electrons. The maximum atomic E-state index is 6.06. The number of morpholine rings is 1. The van der Waals surface area contributed by atoms with Crippen molar-refractivity contribution in [3.63, 3.8) is 0 Å². The summed E-state index contributed by atoms with van der Waals surface area (Å²) >= 11 is 0. The van der Waals surface area contributed by atoms with Crippen molar-refractivity contribution in [1.29, 1.82) is 0 Å². The van der Waals surface area contributed by atoms with Crippen LogP contribution >= 0.6 is 0 Å². The van der Waals surface area contributed by atoms with Gasteiger partial charge in [-0.05, 0) is 6.92 Å². The molecule has 0 bridgehead atoms. The lowest BCUT2D eigenvalue weighted by Gasteiger charge is -2.31. The maximum Gasteiger partial charge on any atom is 0.204 e. The molecule has 0 aliphatic carbocycles. The number of aliphatic imine (C=N–C) groups is 1. The Bertz CT molecular complexity index is 481. The van der Waals surface area contributed by atoms with E-state index in [0.717, 1.165) is 24.7 Å². The van der Waals surface area contributed by atoms with Gasteiger partial charge in [-0.3, -0.25) is 0 Å². The average molecular weight is 280 g/mol. The van der Waals surface area contributed by atoms with Crippen LogP contribution in [-0.2, 0) is 18.3 Å². The zero-order valence-corrected chi connectivity index (χ0v) is 12.7. The second-order valence-electron chi connectivity index (χ2n) is 5.30. The molecule has 1 aliphatic heterocycles. The molecule has 0 spiro atoms. The highest BCUT2D eigenvalue weighted by molar-refractivity contribution is 5.78. The van der Waals surface area contributed by atoms with Crippen LogP contribution in [0.5, 0.6) is 0 Å². The van der Waals surface area contributed by atoms with E-state index >= 15 is 0 Å². The first-order valence-electron chi connectivity index (χ1n) is 6.83. The van der Waals surface area contributed by atoms with Gasteiger partial charge in [0.15, 0.2) is 5.96 Å². The molecule has 1 aliphatic rings. The molecule has 1 unspecified atom stereocenters. The average Bonchev–Trinajstić information content (AvgIpc) is 2.77. The Labute approximate surface area is 120 Å². The number of ether oxygens (including phenoxy) is 1. The van der Waals surface area contributed by atoms with Crippen LogP contribution in [0.2, 0.25) is 0 Å². The number of imidazole rings is 1. The molecule has 1 atom stereocenters. The molecular weight excluding hydrogens is 256 g/mol. The number of rotatable bonds is 3. The van der Waals surface area contributed by atoms with Crippen LogP contribution in [0.15, 0.2) is 11.2 Å². The number of aromatic nitrogens is 2. The molecule has 0 saturated carbocycles. The Kier molecular flexibility index (Phi) is 4.49. The number of hydrogen-bond donors (Lipinski definition) is 1. The monoisotopic (exact) mass is 280 g/mol. The molecule has 112 valence electrons. The first-order valence-corrected chi connectivity index (χ1v) is 6.83. The molecule has 7 heteroatoms. The van der Waals surface area contributed by atoms with Crippen LogP contribution in [0, 0.1) is 0 Å². The summed E-state index contributed by atoms with van der Waals surface area (Å²) in [6.45, 7) is 4.88. The van der Waals surface area contributed by atoms with E-state index in [0.29, 0.717) is 19.1 Å². The summed E-state index contributed by atoms with van der Waals surface area (Å²) in [4.78, 5) is 12.9. The molecule has 2 heterocycles. The van der Waals surface area contributed by atoms with Gasteiger partial charge in [0.1, 0.15) is 0 Å². The van der Waals surface area contributed by atoms with E-state index in [9.17, 15) is 0 Å². The molecule has 2 rings (SSSR count). The Morgan fingerprint density at radius 3 is 2.95 bits per heavy atom. The highest BCUT2D eigenvalue weighted by Gasteiger charge is 2.18. The number of nitrogens with zero attached hydrogens (tertiary/aromatic N) is 5. The van der Waals surface area contributed by atoms with E-state index in [2.05, 4.69) is 14.9 Å². The molecule has 0 amide bonds. The lowest BCUT2D eigenvalue weighted by molar-refractivity contribution is 0.00528. The number of anilines is 1. The predicted molar refractivity (Wildman–Crippen MR) is 79.8 cm³/mol. The maximum absolute atomic E-state index is 6.06.